The van der Waals surface area contributed by atoms with Gasteiger partial charge >= 0.3 is 12.0 Å². The van der Waals surface area contributed by atoms with Crippen LogP contribution in [-0.2, 0) is 11.2 Å². The molecule has 0 aliphatic heterocycles. The van der Waals surface area contributed by atoms with E-state index in [0.717, 1.165) is 0 Å². The van der Waals surface area contributed by atoms with Crippen molar-refractivity contribution in [2.24, 2.45) is 0 Å². The summed E-state index contributed by atoms with van der Waals surface area (Å²) in [5.74, 6) is 0.214. The number of carbonyl (C=O) groups excluding carboxylic acids is 1. The van der Waals surface area contributed by atoms with E-state index in [9.17, 15) is 9.59 Å². The van der Waals surface area contributed by atoms with Crippen molar-refractivity contribution >= 4 is 23.4 Å². The van der Waals surface area contributed by atoms with Gasteiger partial charge in [0.1, 0.15) is 11.5 Å². The van der Waals surface area contributed by atoms with E-state index in [1.165, 1.54) is 14.2 Å². The molecule has 0 saturated heterocycles. The molecule has 7 heteroatoms. The molecule has 126 valence electrons. The van der Waals surface area contributed by atoms with Crippen molar-refractivity contribution in [1.82, 2.24) is 0 Å². The lowest BCUT2D eigenvalue weighted by molar-refractivity contribution is -0.136. The second kappa shape index (κ2) is 7.87. The number of rotatable bonds is 6. The van der Waals surface area contributed by atoms with E-state index < -0.39 is 12.0 Å². The number of nitrogens with one attached hydrogen (secondary N) is 2. The number of amides is 2. The second-order valence-corrected chi connectivity index (χ2v) is 4.95. The zero-order valence-corrected chi connectivity index (χ0v) is 13.3. The van der Waals surface area contributed by atoms with Crippen molar-refractivity contribution in [3.05, 3.63) is 48.0 Å². The van der Waals surface area contributed by atoms with Crippen LogP contribution < -0.4 is 20.1 Å². The first-order valence-corrected chi connectivity index (χ1v) is 7.12. The maximum Gasteiger partial charge on any atom is 0.323 e. The van der Waals surface area contributed by atoms with E-state index in [1.54, 1.807) is 42.5 Å². The zero-order valence-electron chi connectivity index (χ0n) is 13.3. The number of benzene rings is 2. The van der Waals surface area contributed by atoms with Gasteiger partial charge in [-0.2, -0.15) is 0 Å². The Bertz CT molecular complexity index is 706. The van der Waals surface area contributed by atoms with E-state index in [1.807, 2.05) is 0 Å². The quantitative estimate of drug-likeness (QED) is 0.756. The summed E-state index contributed by atoms with van der Waals surface area (Å²) in [6.45, 7) is 0. The normalized spacial score (nSPS) is 9.92. The van der Waals surface area contributed by atoms with Crippen molar-refractivity contribution in [3.63, 3.8) is 0 Å². The maximum atomic E-state index is 12.0. The Morgan fingerprint density at radius 1 is 0.917 bits per heavy atom. The van der Waals surface area contributed by atoms with Crippen LogP contribution in [-0.4, -0.2) is 31.3 Å². The summed E-state index contributed by atoms with van der Waals surface area (Å²) in [7, 11) is 3.05. The van der Waals surface area contributed by atoms with Crippen LogP contribution in [0.15, 0.2) is 42.5 Å². The van der Waals surface area contributed by atoms with Gasteiger partial charge < -0.3 is 25.2 Å². The van der Waals surface area contributed by atoms with Gasteiger partial charge in [-0.25, -0.2) is 4.79 Å². The smallest absolute Gasteiger partial charge is 0.323 e. The number of anilines is 2. The van der Waals surface area contributed by atoms with Crippen molar-refractivity contribution in [2.75, 3.05) is 24.9 Å². The average Bonchev–Trinajstić information content (AvgIpc) is 2.55. The number of ether oxygens (including phenoxy) is 2. The van der Waals surface area contributed by atoms with Crippen molar-refractivity contribution in [1.29, 1.82) is 0 Å². The van der Waals surface area contributed by atoms with E-state index >= 15 is 0 Å². The molecule has 2 rings (SSSR count). The average molecular weight is 330 g/mol. The first-order valence-electron chi connectivity index (χ1n) is 7.12. The van der Waals surface area contributed by atoms with E-state index in [2.05, 4.69) is 10.6 Å². The van der Waals surface area contributed by atoms with E-state index in [0.29, 0.717) is 28.4 Å². The van der Waals surface area contributed by atoms with Crippen molar-refractivity contribution in [2.45, 2.75) is 6.42 Å². The molecular formula is C17H18N2O5. The molecule has 0 radical (unpaired) electrons. The highest BCUT2D eigenvalue weighted by Gasteiger charge is 2.07. The summed E-state index contributed by atoms with van der Waals surface area (Å²) < 4.78 is 10.3. The molecule has 7 nitrogen and oxygen atoms in total. The Kier molecular flexibility index (Phi) is 5.62. The monoisotopic (exact) mass is 330 g/mol. The lowest BCUT2D eigenvalue weighted by atomic mass is 10.1. The second-order valence-electron chi connectivity index (χ2n) is 4.95. The van der Waals surface area contributed by atoms with Crippen LogP contribution in [0.4, 0.5) is 16.2 Å². The fraction of sp³-hybridized carbons (Fsp3) is 0.176. The summed E-state index contributed by atoms with van der Waals surface area (Å²) in [5, 5.41) is 14.1. The summed E-state index contributed by atoms with van der Waals surface area (Å²) in [4.78, 5) is 22.7. The number of methoxy groups -OCH3 is 2. The van der Waals surface area contributed by atoms with Crippen LogP contribution in [0.5, 0.6) is 11.5 Å². The molecule has 0 spiro atoms. The molecule has 0 bridgehead atoms. The van der Waals surface area contributed by atoms with Gasteiger partial charge in [0.05, 0.1) is 20.6 Å². The third-order valence-electron chi connectivity index (χ3n) is 3.18. The van der Waals surface area contributed by atoms with Gasteiger partial charge in [-0.15, -0.1) is 0 Å². The molecule has 3 N–H and O–H groups in total. The van der Waals surface area contributed by atoms with Gasteiger partial charge in [0, 0.05) is 29.6 Å². The number of hydrogen-bond donors (Lipinski definition) is 3. The van der Waals surface area contributed by atoms with Gasteiger partial charge in [-0.05, 0) is 17.7 Å². The largest absolute Gasteiger partial charge is 0.497 e. The summed E-state index contributed by atoms with van der Waals surface area (Å²) >= 11 is 0. The van der Waals surface area contributed by atoms with Crippen molar-refractivity contribution in [3.8, 4) is 11.5 Å². The number of carboxylic acid groups (broad SMARTS) is 1. The molecule has 0 aliphatic carbocycles. The number of hydrogen-bond acceptors (Lipinski definition) is 4. The number of carbonyl (C=O) groups is 2. The molecule has 0 aromatic heterocycles. The third kappa shape index (κ3) is 4.91. The van der Waals surface area contributed by atoms with Gasteiger partial charge in [0.2, 0.25) is 0 Å². The Morgan fingerprint density at radius 2 is 1.46 bits per heavy atom. The molecule has 2 amide bonds. The molecule has 0 fully saturated rings. The van der Waals surface area contributed by atoms with Crippen LogP contribution in [0.25, 0.3) is 0 Å². The topological polar surface area (TPSA) is 96.9 Å². The standard InChI is InChI=1S/C17H18N2O5/c1-23-14-8-13(9-15(10-14)24-2)19-17(22)18-12-5-3-11(4-6-12)7-16(20)21/h3-6,8-10H,7H2,1-2H3,(H,20,21)(H2,18,19,22). The lowest BCUT2D eigenvalue weighted by Crippen LogP contribution is -2.19. The molecule has 24 heavy (non-hydrogen) atoms. The molecule has 2 aromatic carbocycles. The molecule has 2 aromatic rings. The Labute approximate surface area is 139 Å². The first-order chi connectivity index (χ1) is 11.5. The van der Waals surface area contributed by atoms with Crippen LogP contribution >= 0.6 is 0 Å². The molecule has 0 saturated carbocycles. The van der Waals surface area contributed by atoms with Crippen LogP contribution in [0.2, 0.25) is 0 Å². The predicted octanol–water partition coefficient (Wildman–Crippen LogP) is 2.97. The lowest BCUT2D eigenvalue weighted by Gasteiger charge is -2.11. The number of urea groups is 1. The van der Waals surface area contributed by atoms with Gasteiger partial charge in [0.25, 0.3) is 0 Å². The van der Waals surface area contributed by atoms with Crippen molar-refractivity contribution < 1.29 is 24.2 Å². The van der Waals surface area contributed by atoms with Gasteiger partial charge in [0.15, 0.2) is 0 Å². The Morgan fingerprint density at radius 3 is 1.96 bits per heavy atom. The molecule has 0 unspecified atom stereocenters. The highest BCUT2D eigenvalue weighted by atomic mass is 16.5. The minimum atomic E-state index is -0.902. The first kappa shape index (κ1) is 17.1. The minimum absolute atomic E-state index is 0.0594. The number of aliphatic carboxylic acids is 1. The highest BCUT2D eigenvalue weighted by molar-refractivity contribution is 6.00. The highest BCUT2D eigenvalue weighted by Crippen LogP contribution is 2.25. The Balaban J connectivity index is 2.01. The van der Waals surface area contributed by atoms with Gasteiger partial charge in [-0.1, -0.05) is 12.1 Å². The summed E-state index contributed by atoms with van der Waals surface area (Å²) in [5.41, 5.74) is 1.73. The maximum absolute atomic E-state index is 12.0. The molecule has 0 heterocycles. The van der Waals surface area contributed by atoms with E-state index in [-0.39, 0.29) is 6.42 Å². The van der Waals surface area contributed by atoms with Gasteiger partial charge in [-0.3, -0.25) is 4.79 Å². The SMILES string of the molecule is COc1cc(NC(=O)Nc2ccc(CC(=O)O)cc2)cc(OC)c1. The fourth-order valence-corrected chi connectivity index (χ4v) is 2.05. The zero-order chi connectivity index (χ0) is 17.5. The minimum Gasteiger partial charge on any atom is -0.497 e. The number of carboxylic acids is 1. The molecule has 0 atom stereocenters. The Hall–Kier alpha value is -3.22. The third-order valence-corrected chi connectivity index (χ3v) is 3.18. The fourth-order valence-electron chi connectivity index (χ4n) is 2.05. The molecular weight excluding hydrogens is 312 g/mol. The van der Waals surface area contributed by atoms with Crippen LogP contribution in [0, 0.1) is 0 Å². The predicted molar refractivity (Wildman–Crippen MR) is 90.0 cm³/mol. The molecule has 0 aliphatic rings. The van der Waals surface area contributed by atoms with Crippen LogP contribution in [0.3, 0.4) is 0 Å². The summed E-state index contributed by atoms with van der Waals surface area (Å²) in [6, 6.07) is 11.2. The summed E-state index contributed by atoms with van der Waals surface area (Å²) in [6.07, 6.45) is -0.0594. The van der Waals surface area contributed by atoms with E-state index in [4.69, 9.17) is 14.6 Å². The van der Waals surface area contributed by atoms with Crippen LogP contribution in [0.1, 0.15) is 5.56 Å².